The minimum absolute atomic E-state index is 0.0314. The Morgan fingerprint density at radius 3 is 2.49 bits per heavy atom. The Morgan fingerprint density at radius 1 is 1.11 bits per heavy atom. The number of nitrogens with zero attached hydrogens (tertiary/aromatic N) is 4. The topological polar surface area (TPSA) is 76.2 Å². The maximum absolute atomic E-state index is 13.6. The molecule has 37 heavy (non-hydrogen) atoms. The molecule has 4 amide bonds. The van der Waals surface area contributed by atoms with Crippen LogP contribution < -0.4 is 5.32 Å². The number of hydrogen-bond donors (Lipinski definition) is 1. The summed E-state index contributed by atoms with van der Waals surface area (Å²) in [7, 11) is 1.67. The minimum atomic E-state index is -0.692. The van der Waals surface area contributed by atoms with E-state index in [2.05, 4.69) is 5.32 Å². The summed E-state index contributed by atoms with van der Waals surface area (Å²) in [6, 6.07) is 9.95. The molecule has 1 N–H and O–H groups in total. The zero-order valence-electron chi connectivity index (χ0n) is 20.5. The molecular weight excluding hydrogens is 540 g/mol. The fourth-order valence-corrected chi connectivity index (χ4v) is 5.45. The molecule has 2 aromatic rings. The maximum atomic E-state index is 13.6. The molecule has 0 aliphatic carbocycles. The highest BCUT2D eigenvalue weighted by molar-refractivity contribution is 7.98. The lowest BCUT2D eigenvalue weighted by atomic mass is 10.0. The number of piperazine rings is 1. The molecule has 8 nitrogen and oxygen atoms in total. The SMILES string of the molecule is CSCC[C@H]1C(=O)N(Cc2ccc(Cl)c(Cl)c2)CC2N1C(=O)CN(C)N2C(=O)NCc1ccc(F)cc1. The molecule has 12 heteroatoms. The number of likely N-dealkylation sites (N-methyl/N-ethyl adjacent to an activating group) is 1. The summed E-state index contributed by atoms with van der Waals surface area (Å²) in [4.78, 5) is 43.4. The first kappa shape index (κ1) is 27.5. The van der Waals surface area contributed by atoms with E-state index in [0.717, 1.165) is 11.1 Å². The van der Waals surface area contributed by atoms with Crippen LogP contribution in [0.25, 0.3) is 0 Å². The second-order valence-corrected chi connectivity index (χ2v) is 10.8. The standard InChI is InChI=1S/C25H28Cl2FN5O3S/c1-30-15-23(34)32-21(9-10-37-2)24(35)31(13-17-5-8-19(26)20(27)11-17)14-22(32)33(30)25(36)29-12-16-3-6-18(28)7-4-16/h3-8,11,21-22H,9-10,12-15H2,1-2H3,(H,29,36)/t21-,22?/m0/s1. The van der Waals surface area contributed by atoms with Gasteiger partial charge in [-0.2, -0.15) is 11.8 Å². The first-order valence-electron chi connectivity index (χ1n) is 11.7. The van der Waals surface area contributed by atoms with Crippen LogP contribution in [0.15, 0.2) is 42.5 Å². The molecule has 2 heterocycles. The van der Waals surface area contributed by atoms with Crippen molar-refractivity contribution < 1.29 is 18.8 Å². The molecule has 2 aliphatic rings. The van der Waals surface area contributed by atoms with Crippen molar-refractivity contribution in [2.24, 2.45) is 0 Å². The lowest BCUT2D eigenvalue weighted by molar-refractivity contribution is -0.187. The molecule has 2 saturated heterocycles. The summed E-state index contributed by atoms with van der Waals surface area (Å²) in [5, 5.41) is 6.73. The second-order valence-electron chi connectivity index (χ2n) is 8.99. The number of amides is 4. The van der Waals surface area contributed by atoms with E-state index in [1.54, 1.807) is 64.0 Å². The Bertz CT molecular complexity index is 1170. The summed E-state index contributed by atoms with van der Waals surface area (Å²) in [5.74, 6) is -0.0463. The average Bonchev–Trinajstić information content (AvgIpc) is 2.86. The third-order valence-corrected chi connectivity index (χ3v) is 7.84. The molecule has 4 rings (SSSR count). The van der Waals surface area contributed by atoms with Gasteiger partial charge in [0.15, 0.2) is 0 Å². The summed E-state index contributed by atoms with van der Waals surface area (Å²) >= 11 is 13.8. The third kappa shape index (κ3) is 6.14. The molecular formula is C25H28Cl2FN5O3S. The number of thioether (sulfide) groups is 1. The Morgan fingerprint density at radius 2 is 1.81 bits per heavy atom. The zero-order chi connectivity index (χ0) is 26.7. The van der Waals surface area contributed by atoms with Crippen molar-refractivity contribution in [2.75, 3.05) is 32.1 Å². The van der Waals surface area contributed by atoms with Crippen molar-refractivity contribution in [1.82, 2.24) is 25.1 Å². The molecule has 2 atom stereocenters. The van der Waals surface area contributed by atoms with E-state index in [1.807, 2.05) is 6.26 Å². The van der Waals surface area contributed by atoms with Crippen LogP contribution in [-0.4, -0.2) is 82.0 Å². The summed E-state index contributed by atoms with van der Waals surface area (Å²) in [6.07, 6.45) is 1.72. The van der Waals surface area contributed by atoms with Crippen LogP contribution in [0.1, 0.15) is 17.5 Å². The first-order valence-corrected chi connectivity index (χ1v) is 13.9. The highest BCUT2D eigenvalue weighted by Gasteiger charge is 2.50. The number of fused-ring (bicyclic) bond motifs is 1. The lowest BCUT2D eigenvalue weighted by Gasteiger charge is -2.54. The predicted octanol–water partition coefficient (Wildman–Crippen LogP) is 3.82. The van der Waals surface area contributed by atoms with Crippen LogP contribution in [0.4, 0.5) is 9.18 Å². The fraction of sp³-hybridized carbons (Fsp3) is 0.400. The highest BCUT2D eigenvalue weighted by Crippen LogP contribution is 2.30. The van der Waals surface area contributed by atoms with Gasteiger partial charge in [0.05, 0.1) is 23.1 Å². The molecule has 0 saturated carbocycles. The molecule has 1 unspecified atom stereocenters. The van der Waals surface area contributed by atoms with Gasteiger partial charge in [-0.05, 0) is 53.8 Å². The van der Waals surface area contributed by atoms with Gasteiger partial charge in [0.1, 0.15) is 18.0 Å². The van der Waals surface area contributed by atoms with E-state index in [0.29, 0.717) is 22.2 Å². The van der Waals surface area contributed by atoms with Gasteiger partial charge < -0.3 is 15.1 Å². The van der Waals surface area contributed by atoms with Crippen molar-refractivity contribution >= 4 is 52.8 Å². The maximum Gasteiger partial charge on any atom is 0.334 e. The van der Waals surface area contributed by atoms with Gasteiger partial charge in [-0.1, -0.05) is 41.4 Å². The largest absolute Gasteiger partial charge is 0.334 e. The smallest absolute Gasteiger partial charge is 0.333 e. The summed E-state index contributed by atoms with van der Waals surface area (Å²) in [6.45, 7) is 0.552. The van der Waals surface area contributed by atoms with Gasteiger partial charge in [0.25, 0.3) is 0 Å². The van der Waals surface area contributed by atoms with Crippen LogP contribution in [-0.2, 0) is 22.7 Å². The van der Waals surface area contributed by atoms with E-state index in [4.69, 9.17) is 23.2 Å². The molecule has 2 fully saturated rings. The van der Waals surface area contributed by atoms with E-state index in [-0.39, 0.29) is 43.8 Å². The quantitative estimate of drug-likeness (QED) is 0.550. The first-order chi connectivity index (χ1) is 17.7. The zero-order valence-corrected chi connectivity index (χ0v) is 22.8. The third-order valence-electron chi connectivity index (χ3n) is 6.46. The Kier molecular flexibility index (Phi) is 8.84. The molecule has 0 aromatic heterocycles. The Balaban J connectivity index is 1.60. The Labute approximate surface area is 229 Å². The fourth-order valence-electron chi connectivity index (χ4n) is 4.67. The van der Waals surface area contributed by atoms with E-state index in [9.17, 15) is 18.8 Å². The van der Waals surface area contributed by atoms with Crippen molar-refractivity contribution in [1.29, 1.82) is 0 Å². The number of halogens is 3. The number of urea groups is 1. The summed E-state index contributed by atoms with van der Waals surface area (Å²) in [5.41, 5.74) is 1.53. The number of hydrazine groups is 1. The molecule has 198 valence electrons. The van der Waals surface area contributed by atoms with E-state index in [1.165, 1.54) is 17.1 Å². The number of carbonyl (C=O) groups excluding carboxylic acids is 3. The number of nitrogens with one attached hydrogen (secondary N) is 1. The van der Waals surface area contributed by atoms with Crippen molar-refractivity contribution in [3.8, 4) is 0 Å². The van der Waals surface area contributed by atoms with Gasteiger partial charge >= 0.3 is 6.03 Å². The predicted molar refractivity (Wildman–Crippen MR) is 142 cm³/mol. The van der Waals surface area contributed by atoms with Gasteiger partial charge in [-0.15, -0.1) is 0 Å². The monoisotopic (exact) mass is 567 g/mol. The van der Waals surface area contributed by atoms with Crippen LogP contribution in [0, 0.1) is 5.82 Å². The lowest BCUT2D eigenvalue weighted by Crippen LogP contribution is -2.75. The van der Waals surface area contributed by atoms with Crippen LogP contribution in [0.3, 0.4) is 0 Å². The summed E-state index contributed by atoms with van der Waals surface area (Å²) < 4.78 is 13.3. The number of hydrogen-bond acceptors (Lipinski definition) is 5. The van der Waals surface area contributed by atoms with Crippen LogP contribution in [0.5, 0.6) is 0 Å². The van der Waals surface area contributed by atoms with Crippen LogP contribution >= 0.6 is 35.0 Å². The molecule has 0 spiro atoms. The second kappa shape index (κ2) is 11.9. The van der Waals surface area contributed by atoms with E-state index < -0.39 is 18.2 Å². The van der Waals surface area contributed by atoms with Crippen molar-refractivity contribution in [2.45, 2.75) is 31.7 Å². The molecule has 2 aliphatic heterocycles. The van der Waals surface area contributed by atoms with Gasteiger partial charge in [0.2, 0.25) is 11.8 Å². The Hall–Kier alpha value is -2.53. The molecule has 2 aromatic carbocycles. The van der Waals surface area contributed by atoms with Crippen molar-refractivity contribution in [3.05, 3.63) is 69.5 Å². The van der Waals surface area contributed by atoms with Crippen molar-refractivity contribution in [3.63, 3.8) is 0 Å². The molecule has 0 radical (unpaired) electrons. The average molecular weight is 569 g/mol. The van der Waals surface area contributed by atoms with Crippen LogP contribution in [0.2, 0.25) is 10.0 Å². The minimum Gasteiger partial charge on any atom is -0.333 e. The number of carbonyl (C=O) groups is 3. The van der Waals surface area contributed by atoms with E-state index >= 15 is 0 Å². The van der Waals surface area contributed by atoms with Gasteiger partial charge in [-0.25, -0.2) is 19.2 Å². The van der Waals surface area contributed by atoms with Gasteiger partial charge in [0, 0.05) is 20.1 Å². The number of benzene rings is 2. The normalized spacial score (nSPS) is 20.3. The molecule has 0 bridgehead atoms. The number of rotatable bonds is 7. The highest BCUT2D eigenvalue weighted by atomic mass is 35.5. The van der Waals surface area contributed by atoms with Gasteiger partial charge in [-0.3, -0.25) is 9.59 Å².